The van der Waals surface area contributed by atoms with Gasteiger partial charge in [0.1, 0.15) is 0 Å². The van der Waals surface area contributed by atoms with Gasteiger partial charge in [-0.3, -0.25) is 0 Å². The lowest BCUT2D eigenvalue weighted by Crippen LogP contribution is -2.56. The summed E-state index contributed by atoms with van der Waals surface area (Å²) in [5, 5.41) is 0. The van der Waals surface area contributed by atoms with Crippen LogP contribution in [0.3, 0.4) is 0 Å². The van der Waals surface area contributed by atoms with E-state index in [-0.39, 0.29) is 6.03 Å². The van der Waals surface area contributed by atoms with Gasteiger partial charge in [0.2, 0.25) is 0 Å². The van der Waals surface area contributed by atoms with Crippen LogP contribution in [0, 0.1) is 0 Å². The van der Waals surface area contributed by atoms with Gasteiger partial charge in [0.15, 0.2) is 0 Å². The molecule has 3 heteroatoms. The highest BCUT2D eigenvalue weighted by Crippen LogP contribution is 2.20. The molecule has 0 aromatic carbocycles. The molecule has 0 aromatic rings. The molecule has 2 amide bonds. The van der Waals surface area contributed by atoms with Gasteiger partial charge in [0, 0.05) is 25.2 Å². The summed E-state index contributed by atoms with van der Waals surface area (Å²) in [6.07, 6.45) is 1.09. The van der Waals surface area contributed by atoms with E-state index in [9.17, 15) is 4.79 Å². The molecule has 13 heavy (non-hydrogen) atoms. The SMILES string of the molecule is CCN1C(=O)N(CC)C(C)CC1C. The van der Waals surface area contributed by atoms with Crippen molar-refractivity contribution in [1.29, 1.82) is 0 Å². The Hall–Kier alpha value is -0.730. The molecule has 2 unspecified atom stereocenters. The van der Waals surface area contributed by atoms with Gasteiger partial charge in [0.05, 0.1) is 0 Å². The van der Waals surface area contributed by atoms with Crippen LogP contribution in [0.2, 0.25) is 0 Å². The van der Waals surface area contributed by atoms with Crippen LogP contribution in [0.15, 0.2) is 0 Å². The standard InChI is InChI=1S/C10H20N2O/c1-5-11-8(3)7-9(4)12(6-2)10(11)13/h8-9H,5-7H2,1-4H3. The van der Waals surface area contributed by atoms with Crippen LogP contribution in [0.5, 0.6) is 0 Å². The molecular weight excluding hydrogens is 164 g/mol. The first-order valence-electron chi connectivity index (χ1n) is 5.19. The van der Waals surface area contributed by atoms with E-state index in [1.54, 1.807) is 0 Å². The van der Waals surface area contributed by atoms with Crippen molar-refractivity contribution >= 4 is 6.03 Å². The molecule has 1 saturated heterocycles. The second-order valence-corrected chi connectivity index (χ2v) is 3.79. The monoisotopic (exact) mass is 184 g/mol. The molecule has 76 valence electrons. The fourth-order valence-electron chi connectivity index (χ4n) is 2.18. The van der Waals surface area contributed by atoms with E-state index in [0.29, 0.717) is 12.1 Å². The van der Waals surface area contributed by atoms with Crippen molar-refractivity contribution in [3.63, 3.8) is 0 Å². The molecule has 0 aliphatic carbocycles. The van der Waals surface area contributed by atoms with E-state index in [1.807, 2.05) is 23.6 Å². The largest absolute Gasteiger partial charge is 0.322 e. The number of urea groups is 1. The van der Waals surface area contributed by atoms with Crippen molar-refractivity contribution in [2.24, 2.45) is 0 Å². The van der Waals surface area contributed by atoms with Gasteiger partial charge in [0.25, 0.3) is 0 Å². The Bertz CT molecular complexity index is 175. The Morgan fingerprint density at radius 2 is 1.54 bits per heavy atom. The Kier molecular flexibility index (Phi) is 3.17. The van der Waals surface area contributed by atoms with Gasteiger partial charge in [-0.25, -0.2) is 4.79 Å². The van der Waals surface area contributed by atoms with Gasteiger partial charge in [-0.15, -0.1) is 0 Å². The lowest BCUT2D eigenvalue weighted by atomic mass is 10.0. The summed E-state index contributed by atoms with van der Waals surface area (Å²) in [7, 11) is 0. The van der Waals surface area contributed by atoms with Gasteiger partial charge in [-0.1, -0.05) is 0 Å². The minimum absolute atomic E-state index is 0.205. The van der Waals surface area contributed by atoms with Gasteiger partial charge < -0.3 is 9.80 Å². The van der Waals surface area contributed by atoms with E-state index >= 15 is 0 Å². The third kappa shape index (κ3) is 1.79. The van der Waals surface area contributed by atoms with Crippen LogP contribution in [0.25, 0.3) is 0 Å². The molecule has 1 fully saturated rings. The van der Waals surface area contributed by atoms with E-state index in [1.165, 1.54) is 0 Å². The predicted molar refractivity (Wildman–Crippen MR) is 53.7 cm³/mol. The average Bonchev–Trinajstić information content (AvgIpc) is 2.04. The van der Waals surface area contributed by atoms with Crippen molar-refractivity contribution in [1.82, 2.24) is 9.80 Å². The zero-order chi connectivity index (χ0) is 10.0. The van der Waals surface area contributed by atoms with E-state index in [2.05, 4.69) is 13.8 Å². The summed E-state index contributed by atoms with van der Waals surface area (Å²) in [6.45, 7) is 9.98. The van der Waals surface area contributed by atoms with Gasteiger partial charge in [-0.2, -0.15) is 0 Å². The lowest BCUT2D eigenvalue weighted by Gasteiger charge is -2.43. The minimum atomic E-state index is 0.205. The smallest absolute Gasteiger partial charge is 0.320 e. The molecule has 0 bridgehead atoms. The Morgan fingerprint density at radius 3 is 1.85 bits per heavy atom. The molecule has 1 aliphatic heterocycles. The molecule has 0 aromatic heterocycles. The zero-order valence-electron chi connectivity index (χ0n) is 9.08. The Morgan fingerprint density at radius 1 is 1.15 bits per heavy atom. The molecule has 1 aliphatic rings. The molecule has 0 N–H and O–H groups in total. The molecule has 1 heterocycles. The normalized spacial score (nSPS) is 29.7. The van der Waals surface area contributed by atoms with Gasteiger partial charge >= 0.3 is 6.03 Å². The topological polar surface area (TPSA) is 23.6 Å². The molecular formula is C10H20N2O. The van der Waals surface area contributed by atoms with Crippen molar-refractivity contribution in [3.05, 3.63) is 0 Å². The minimum Gasteiger partial charge on any atom is -0.322 e. The highest BCUT2D eigenvalue weighted by Gasteiger charge is 2.32. The highest BCUT2D eigenvalue weighted by molar-refractivity contribution is 5.76. The third-order valence-corrected chi connectivity index (χ3v) is 2.92. The predicted octanol–water partition coefficient (Wildman–Crippen LogP) is 1.93. The maximum Gasteiger partial charge on any atom is 0.320 e. The maximum absolute atomic E-state index is 11.9. The van der Waals surface area contributed by atoms with Crippen LogP contribution in [-0.4, -0.2) is 41.0 Å². The summed E-state index contributed by atoms with van der Waals surface area (Å²) in [5.74, 6) is 0. The molecule has 0 saturated carbocycles. The summed E-state index contributed by atoms with van der Waals surface area (Å²) < 4.78 is 0. The van der Waals surface area contributed by atoms with Crippen molar-refractivity contribution in [2.45, 2.75) is 46.2 Å². The quantitative estimate of drug-likeness (QED) is 0.643. The molecule has 1 rings (SSSR count). The molecule has 3 nitrogen and oxygen atoms in total. The number of hydrogen-bond donors (Lipinski definition) is 0. The third-order valence-electron chi connectivity index (χ3n) is 2.92. The summed E-state index contributed by atoms with van der Waals surface area (Å²) in [4.78, 5) is 15.8. The zero-order valence-corrected chi connectivity index (χ0v) is 9.08. The number of hydrogen-bond acceptors (Lipinski definition) is 1. The first-order valence-corrected chi connectivity index (χ1v) is 5.19. The van der Waals surface area contributed by atoms with E-state index in [4.69, 9.17) is 0 Å². The average molecular weight is 184 g/mol. The van der Waals surface area contributed by atoms with E-state index < -0.39 is 0 Å². The van der Waals surface area contributed by atoms with Crippen molar-refractivity contribution < 1.29 is 4.79 Å². The van der Waals surface area contributed by atoms with Crippen LogP contribution in [0.1, 0.15) is 34.1 Å². The highest BCUT2D eigenvalue weighted by atomic mass is 16.2. The van der Waals surface area contributed by atoms with Crippen LogP contribution in [0.4, 0.5) is 4.79 Å². The first kappa shape index (κ1) is 10.4. The van der Waals surface area contributed by atoms with Gasteiger partial charge in [-0.05, 0) is 34.1 Å². The van der Waals surface area contributed by atoms with Crippen LogP contribution in [-0.2, 0) is 0 Å². The second-order valence-electron chi connectivity index (χ2n) is 3.79. The summed E-state index contributed by atoms with van der Waals surface area (Å²) >= 11 is 0. The fourth-order valence-corrected chi connectivity index (χ4v) is 2.18. The molecule has 2 atom stereocenters. The Labute approximate surface area is 80.7 Å². The molecule has 0 radical (unpaired) electrons. The summed E-state index contributed by atoms with van der Waals surface area (Å²) in [5.41, 5.74) is 0. The Balaban J connectivity index is 2.75. The summed E-state index contributed by atoms with van der Waals surface area (Å²) in [6, 6.07) is 1.00. The van der Waals surface area contributed by atoms with Crippen LogP contribution < -0.4 is 0 Å². The number of rotatable bonds is 2. The second kappa shape index (κ2) is 3.99. The van der Waals surface area contributed by atoms with Crippen molar-refractivity contribution in [2.75, 3.05) is 13.1 Å². The lowest BCUT2D eigenvalue weighted by molar-refractivity contribution is 0.0829. The first-order chi connectivity index (χ1) is 6.11. The van der Waals surface area contributed by atoms with Crippen LogP contribution >= 0.6 is 0 Å². The maximum atomic E-state index is 11.9. The fraction of sp³-hybridized carbons (Fsp3) is 0.900. The van der Waals surface area contributed by atoms with E-state index in [0.717, 1.165) is 19.5 Å². The molecule has 0 spiro atoms. The van der Waals surface area contributed by atoms with Crippen molar-refractivity contribution in [3.8, 4) is 0 Å². The number of nitrogens with zero attached hydrogens (tertiary/aromatic N) is 2. The number of carbonyl (C=O) groups is 1. The number of amides is 2. The number of carbonyl (C=O) groups excluding carboxylic acids is 1.